The van der Waals surface area contributed by atoms with Gasteiger partial charge in [0, 0.05) is 19.3 Å². The summed E-state index contributed by atoms with van der Waals surface area (Å²) in [6.07, 6.45) is 91.0. The lowest BCUT2D eigenvalue weighted by molar-refractivity contribution is -0.167. The molecule has 79 heavy (non-hydrogen) atoms. The Hall–Kier alpha value is -3.93. The number of allylic oxidation sites excluding steroid dienone is 18. The van der Waals surface area contributed by atoms with E-state index in [4.69, 9.17) is 14.2 Å². The molecule has 0 aliphatic carbocycles. The van der Waals surface area contributed by atoms with Crippen LogP contribution in [0.5, 0.6) is 0 Å². The number of rotatable bonds is 60. The van der Waals surface area contributed by atoms with Crippen LogP contribution in [0.4, 0.5) is 0 Å². The minimum Gasteiger partial charge on any atom is -0.462 e. The summed E-state index contributed by atoms with van der Waals surface area (Å²) in [5.74, 6) is -0.885. The zero-order valence-electron chi connectivity index (χ0n) is 51.9. The van der Waals surface area contributed by atoms with Crippen LogP contribution in [0.3, 0.4) is 0 Å². The Morgan fingerprint density at radius 3 is 0.772 bits per heavy atom. The number of ether oxygens (including phenoxy) is 3. The molecule has 0 N–H and O–H groups in total. The first-order valence-electron chi connectivity index (χ1n) is 33.4. The quantitative estimate of drug-likeness (QED) is 0.0261. The summed E-state index contributed by atoms with van der Waals surface area (Å²) >= 11 is 0. The predicted octanol–water partition coefficient (Wildman–Crippen LogP) is 23.0. The van der Waals surface area contributed by atoms with Gasteiger partial charge in [-0.25, -0.2) is 0 Å². The van der Waals surface area contributed by atoms with Crippen LogP contribution in [0, 0.1) is 0 Å². The minimum absolute atomic E-state index is 0.0813. The molecule has 0 rings (SSSR count). The third kappa shape index (κ3) is 64.8. The van der Waals surface area contributed by atoms with Gasteiger partial charge in [-0.2, -0.15) is 0 Å². The molecule has 6 nitrogen and oxygen atoms in total. The van der Waals surface area contributed by atoms with E-state index in [1.807, 2.05) is 0 Å². The molecule has 1 unspecified atom stereocenters. The first-order chi connectivity index (χ1) is 39.0. The summed E-state index contributed by atoms with van der Waals surface area (Å²) in [4.78, 5) is 38.4. The Morgan fingerprint density at radius 2 is 0.494 bits per heavy atom. The van der Waals surface area contributed by atoms with E-state index in [0.29, 0.717) is 19.3 Å². The SMILES string of the molecule is CC/C=C\C/C=C\C/C=C\C/C=C\C/C=C\CCCCCCCCCCCCCCCC(=O)OCC(COC(=O)CCCCCCCCCCCCCCC)OC(=O)CCCCCCCC/C=C\C/C=C\C/C=C\C/C=C\CC. The van der Waals surface area contributed by atoms with Crippen molar-refractivity contribution >= 4 is 17.9 Å². The Kier molecular flexibility index (Phi) is 63.3. The standard InChI is InChI=1S/C73H124O6/c1-4-7-10-13-16-19-22-25-27-29-31-32-33-34-35-36-37-38-39-40-42-43-45-48-51-54-57-60-63-66-72(75)78-69-70(68-77-71(74)65-62-59-56-53-50-47-24-21-18-15-12-9-6-3)79-73(76)67-64-61-58-55-52-49-46-44-41-30-28-26-23-20-17-14-11-8-5-2/h7-8,10-11,16-17,19-20,25-28,31-32,34-35,41,44,70H,4-6,9,12-15,18,21-24,29-30,33,36-40,42-43,45-69H2,1-3H3/b10-7-,11-8-,19-16-,20-17-,27-25-,28-26-,32-31-,35-34-,44-41-. The van der Waals surface area contributed by atoms with Gasteiger partial charge in [-0.1, -0.05) is 304 Å². The van der Waals surface area contributed by atoms with Crippen LogP contribution in [0.1, 0.15) is 316 Å². The zero-order valence-corrected chi connectivity index (χ0v) is 51.9. The molecule has 0 fully saturated rings. The Balaban J connectivity index is 4.28. The van der Waals surface area contributed by atoms with E-state index in [2.05, 4.69) is 130 Å². The highest BCUT2D eigenvalue weighted by atomic mass is 16.6. The maximum Gasteiger partial charge on any atom is 0.306 e. The lowest BCUT2D eigenvalue weighted by atomic mass is 10.0. The minimum atomic E-state index is -0.786. The van der Waals surface area contributed by atoms with Gasteiger partial charge in [0.2, 0.25) is 0 Å². The molecule has 452 valence electrons. The van der Waals surface area contributed by atoms with E-state index in [0.717, 1.165) is 128 Å². The molecular formula is C73H124O6. The van der Waals surface area contributed by atoms with Gasteiger partial charge in [-0.3, -0.25) is 14.4 Å². The van der Waals surface area contributed by atoms with Gasteiger partial charge in [0.25, 0.3) is 0 Å². The van der Waals surface area contributed by atoms with Crippen molar-refractivity contribution in [2.45, 2.75) is 322 Å². The van der Waals surface area contributed by atoms with Crippen LogP contribution in [-0.2, 0) is 28.6 Å². The fourth-order valence-corrected chi connectivity index (χ4v) is 9.35. The van der Waals surface area contributed by atoms with E-state index in [9.17, 15) is 14.4 Å². The van der Waals surface area contributed by atoms with Gasteiger partial charge in [0.1, 0.15) is 13.2 Å². The number of hydrogen-bond acceptors (Lipinski definition) is 6. The highest BCUT2D eigenvalue weighted by molar-refractivity contribution is 5.71. The van der Waals surface area contributed by atoms with Crippen molar-refractivity contribution in [1.82, 2.24) is 0 Å². The molecule has 0 heterocycles. The first-order valence-corrected chi connectivity index (χ1v) is 33.4. The molecule has 0 aliphatic rings. The smallest absolute Gasteiger partial charge is 0.306 e. The molecule has 0 spiro atoms. The predicted molar refractivity (Wildman–Crippen MR) is 343 cm³/mol. The second kappa shape index (κ2) is 66.6. The third-order valence-corrected chi connectivity index (χ3v) is 14.3. The summed E-state index contributed by atoms with van der Waals surface area (Å²) in [6, 6.07) is 0. The number of unbranched alkanes of at least 4 members (excludes halogenated alkanes) is 31. The van der Waals surface area contributed by atoms with Gasteiger partial charge >= 0.3 is 17.9 Å². The molecule has 0 amide bonds. The summed E-state index contributed by atoms with van der Waals surface area (Å²) in [5.41, 5.74) is 0. The van der Waals surface area contributed by atoms with Crippen molar-refractivity contribution in [2.24, 2.45) is 0 Å². The summed E-state index contributed by atoms with van der Waals surface area (Å²) in [5, 5.41) is 0. The molecule has 0 saturated heterocycles. The largest absolute Gasteiger partial charge is 0.462 e. The van der Waals surface area contributed by atoms with Crippen LogP contribution >= 0.6 is 0 Å². The highest BCUT2D eigenvalue weighted by Gasteiger charge is 2.19. The fourth-order valence-electron chi connectivity index (χ4n) is 9.35. The van der Waals surface area contributed by atoms with Crippen LogP contribution in [0.15, 0.2) is 109 Å². The summed E-state index contributed by atoms with van der Waals surface area (Å²) in [7, 11) is 0. The molecule has 0 aromatic heterocycles. The lowest BCUT2D eigenvalue weighted by Crippen LogP contribution is -2.30. The van der Waals surface area contributed by atoms with E-state index >= 15 is 0 Å². The van der Waals surface area contributed by atoms with Gasteiger partial charge in [-0.15, -0.1) is 0 Å². The molecule has 0 aromatic rings. The Bertz CT molecular complexity index is 1590. The first kappa shape index (κ1) is 75.1. The molecule has 0 aliphatic heterocycles. The van der Waals surface area contributed by atoms with Crippen molar-refractivity contribution < 1.29 is 28.6 Å². The maximum absolute atomic E-state index is 12.9. The van der Waals surface area contributed by atoms with Crippen molar-refractivity contribution in [3.8, 4) is 0 Å². The van der Waals surface area contributed by atoms with E-state index < -0.39 is 6.10 Å². The molecule has 0 bridgehead atoms. The van der Waals surface area contributed by atoms with Gasteiger partial charge in [0.05, 0.1) is 0 Å². The van der Waals surface area contributed by atoms with Gasteiger partial charge in [-0.05, 0) is 103 Å². The molecule has 0 aromatic carbocycles. The maximum atomic E-state index is 12.9. The number of esters is 3. The number of hydrogen-bond donors (Lipinski definition) is 0. The third-order valence-electron chi connectivity index (χ3n) is 14.3. The number of carbonyl (C=O) groups is 3. The lowest BCUT2D eigenvalue weighted by Gasteiger charge is -2.18. The molecule has 0 radical (unpaired) electrons. The van der Waals surface area contributed by atoms with Gasteiger partial charge in [0.15, 0.2) is 6.10 Å². The van der Waals surface area contributed by atoms with Crippen molar-refractivity contribution in [3.63, 3.8) is 0 Å². The van der Waals surface area contributed by atoms with E-state index in [1.54, 1.807) is 0 Å². The normalized spacial score (nSPS) is 12.8. The van der Waals surface area contributed by atoms with Crippen molar-refractivity contribution in [1.29, 1.82) is 0 Å². The van der Waals surface area contributed by atoms with Crippen molar-refractivity contribution in [2.75, 3.05) is 13.2 Å². The van der Waals surface area contributed by atoms with Crippen LogP contribution < -0.4 is 0 Å². The fraction of sp³-hybridized carbons (Fsp3) is 0.712. The van der Waals surface area contributed by atoms with Crippen LogP contribution in [-0.4, -0.2) is 37.2 Å². The average molecular weight is 1100 g/mol. The summed E-state index contributed by atoms with van der Waals surface area (Å²) < 4.78 is 16.9. The van der Waals surface area contributed by atoms with Gasteiger partial charge < -0.3 is 14.2 Å². The molecule has 0 saturated carbocycles. The van der Waals surface area contributed by atoms with E-state index in [-0.39, 0.29) is 31.1 Å². The second-order valence-corrected chi connectivity index (χ2v) is 22.0. The molecule has 6 heteroatoms. The molecular weight excluding hydrogens is 973 g/mol. The zero-order chi connectivity index (χ0) is 57.1. The van der Waals surface area contributed by atoms with E-state index in [1.165, 1.54) is 148 Å². The number of carbonyl (C=O) groups excluding carboxylic acids is 3. The Morgan fingerprint density at radius 1 is 0.266 bits per heavy atom. The molecule has 1 atom stereocenters. The second-order valence-electron chi connectivity index (χ2n) is 22.0. The summed E-state index contributed by atoms with van der Waals surface area (Å²) in [6.45, 7) is 6.43. The van der Waals surface area contributed by atoms with Crippen LogP contribution in [0.2, 0.25) is 0 Å². The Labute approximate surface area is 489 Å². The monoisotopic (exact) mass is 1100 g/mol. The topological polar surface area (TPSA) is 78.9 Å². The highest BCUT2D eigenvalue weighted by Crippen LogP contribution is 2.17. The average Bonchev–Trinajstić information content (AvgIpc) is 3.45. The van der Waals surface area contributed by atoms with Crippen molar-refractivity contribution in [3.05, 3.63) is 109 Å². The van der Waals surface area contributed by atoms with Crippen LogP contribution in [0.25, 0.3) is 0 Å².